The number of hydrogen-bond donors (Lipinski definition) is 4. The van der Waals surface area contributed by atoms with Crippen LogP contribution in [0.25, 0.3) is 12.2 Å². The van der Waals surface area contributed by atoms with E-state index in [1.54, 1.807) is 38.1 Å². The number of rotatable bonds is 26. The van der Waals surface area contributed by atoms with E-state index in [0.717, 1.165) is 61.6 Å². The quantitative estimate of drug-likeness (QED) is 0.0137. The molecule has 1 aromatic rings. The molecule has 1 aromatic heterocycles. The van der Waals surface area contributed by atoms with Crippen LogP contribution in [0.15, 0.2) is 114 Å². The van der Waals surface area contributed by atoms with Crippen molar-refractivity contribution in [2.75, 3.05) is 75.6 Å². The van der Waals surface area contributed by atoms with Gasteiger partial charge in [-0.15, -0.1) is 19.4 Å². The number of carbonyl (C=O) groups is 2. The monoisotopic (exact) mass is 1080 g/mol. The Labute approximate surface area is 473 Å². The van der Waals surface area contributed by atoms with Crippen LogP contribution < -0.4 is 21.3 Å². The molecule has 13 heteroatoms. The van der Waals surface area contributed by atoms with Gasteiger partial charge in [-0.05, 0) is 139 Å². The molecule has 1 rings (SSSR count). The largest absolute Gasteiger partial charge is 0.444 e. The highest BCUT2D eigenvalue weighted by Gasteiger charge is 2.15. The Morgan fingerprint density at radius 3 is 1.83 bits per heavy atom. The van der Waals surface area contributed by atoms with Crippen LogP contribution in [0.1, 0.15) is 166 Å². The Hall–Kier alpha value is -5.81. The van der Waals surface area contributed by atoms with E-state index >= 15 is 0 Å². The second-order valence-electron chi connectivity index (χ2n) is 16.5. The molecule has 77 heavy (non-hydrogen) atoms. The normalized spacial score (nSPS) is 11.1. The van der Waals surface area contributed by atoms with Crippen LogP contribution in [0.3, 0.4) is 0 Å². The van der Waals surface area contributed by atoms with Crippen LogP contribution in [0.5, 0.6) is 0 Å². The van der Waals surface area contributed by atoms with Gasteiger partial charge in [0, 0.05) is 53.5 Å². The number of H-pyrrole nitrogens is 1. The van der Waals surface area contributed by atoms with Gasteiger partial charge in [0.05, 0.1) is 29.5 Å². The van der Waals surface area contributed by atoms with Crippen molar-refractivity contribution in [2.45, 2.75) is 167 Å². The molecule has 0 fully saturated rings. The third-order valence-corrected chi connectivity index (χ3v) is 9.00. The van der Waals surface area contributed by atoms with E-state index in [-0.39, 0.29) is 24.2 Å². The number of aliphatic hydroxyl groups excluding tert-OH is 1. The highest BCUT2D eigenvalue weighted by atomic mass is 19.1. The second kappa shape index (κ2) is 70.2. The number of aromatic nitrogens is 2. The van der Waals surface area contributed by atoms with Crippen molar-refractivity contribution in [3.63, 3.8) is 0 Å². The minimum atomic E-state index is -0.299. The predicted octanol–water partition coefficient (Wildman–Crippen LogP) is 13.3. The standard InChI is InChI=1S/C31H46N4O2.C9H16.C7H15NO2.C6H10FN.C3H9N.C2H7N.2C2H6.C2H2/c1-8-13-14-15-18-26(12-5)20-22-31(36)35(23-11-4)24-29-33-27(16-9-2)28(34-29)21-19-25(6)37-30(32-7)17-10-3;1-4-5-6-7-8-9(2)3;1-3-4-8(5-6-9)7(2)10;1-4-6(7)5(2)8-3;1-4(2)3;1-3-2;3*1-2/h8,10,13-14,16-18,21H,1,6,9,11-12,15,19-20,22-24H2,2-5,7H3,(H,33,34);4-5H,2,6-8H2,1,3H3;9H,3-6H2,1-2H3;4,8H,2H2,1,3H3;1-3H3;3H,1-2H3;2*1-2H3;1-2H/b14-13-,17-10+,26-18+,27-16+,28-21+,32-30?;5-4-;;6-4+;;;;;. The summed E-state index contributed by atoms with van der Waals surface area (Å²) in [7, 11) is 13.1. The minimum Gasteiger partial charge on any atom is -0.444 e. The molecule has 0 atom stereocenters. The summed E-state index contributed by atoms with van der Waals surface area (Å²) < 4.78 is 17.9. The Kier molecular flexibility index (Phi) is 80.1. The van der Waals surface area contributed by atoms with Crippen LogP contribution in [-0.4, -0.2) is 123 Å². The van der Waals surface area contributed by atoms with Crippen molar-refractivity contribution < 1.29 is 23.8 Å². The first-order chi connectivity index (χ1) is 36.8. The Morgan fingerprint density at radius 2 is 1.43 bits per heavy atom. The third kappa shape index (κ3) is 64.4. The zero-order valence-electron chi connectivity index (χ0n) is 52.9. The van der Waals surface area contributed by atoms with Crippen molar-refractivity contribution in [1.82, 2.24) is 35.3 Å². The van der Waals surface area contributed by atoms with E-state index in [2.05, 4.69) is 125 Å². The first-order valence-electron chi connectivity index (χ1n) is 27.5. The van der Waals surface area contributed by atoms with E-state index in [4.69, 9.17) is 14.8 Å². The van der Waals surface area contributed by atoms with E-state index in [9.17, 15) is 14.0 Å². The maximum Gasteiger partial charge on any atom is 0.223 e. The zero-order valence-corrected chi connectivity index (χ0v) is 52.9. The molecular formula is C64H117FN8O4. The van der Waals surface area contributed by atoms with Gasteiger partial charge >= 0.3 is 0 Å². The summed E-state index contributed by atoms with van der Waals surface area (Å²) in [5, 5.41) is 15.6. The average Bonchev–Trinajstić information content (AvgIpc) is 3.80. The van der Waals surface area contributed by atoms with E-state index in [0.29, 0.717) is 49.8 Å². The molecule has 0 aliphatic rings. The molecule has 0 bridgehead atoms. The number of terminal acetylenes is 1. The van der Waals surface area contributed by atoms with Crippen LogP contribution >= 0.6 is 0 Å². The van der Waals surface area contributed by atoms with Crippen LogP contribution in [0.2, 0.25) is 0 Å². The summed E-state index contributed by atoms with van der Waals surface area (Å²) >= 11 is 0. The summed E-state index contributed by atoms with van der Waals surface area (Å²) in [5.74, 6) is 1.79. The Balaban J connectivity index is -0.000000159. The predicted molar refractivity (Wildman–Crippen MR) is 341 cm³/mol. The molecular weight excluding hydrogens is 964 g/mol. The first kappa shape index (κ1) is 87.8. The van der Waals surface area contributed by atoms with Crippen LogP contribution in [0, 0.1) is 12.8 Å². The lowest BCUT2D eigenvalue weighted by Crippen LogP contribution is -2.32. The number of aromatic amines is 1. The maximum absolute atomic E-state index is 13.1. The lowest BCUT2D eigenvalue weighted by Gasteiger charge is -2.21. The maximum atomic E-state index is 13.1. The molecule has 12 nitrogen and oxygen atoms in total. The van der Waals surface area contributed by atoms with Crippen molar-refractivity contribution in [3.8, 4) is 12.8 Å². The lowest BCUT2D eigenvalue weighted by molar-refractivity contribution is -0.132. The van der Waals surface area contributed by atoms with Crippen molar-refractivity contribution in [3.05, 3.63) is 126 Å². The van der Waals surface area contributed by atoms with Gasteiger partial charge in [0.2, 0.25) is 17.7 Å². The molecule has 0 radical (unpaired) electrons. The average molecular weight is 1080 g/mol. The van der Waals surface area contributed by atoms with E-state index in [1.807, 2.05) is 105 Å². The summed E-state index contributed by atoms with van der Waals surface area (Å²) in [6.45, 7) is 42.9. The summed E-state index contributed by atoms with van der Waals surface area (Å²) in [4.78, 5) is 41.7. The Bertz CT molecular complexity index is 1910. The van der Waals surface area contributed by atoms with E-state index < -0.39 is 0 Å². The summed E-state index contributed by atoms with van der Waals surface area (Å²) in [6, 6.07) is 0. The molecule has 0 saturated carbocycles. The first-order valence-corrected chi connectivity index (χ1v) is 27.5. The number of halogens is 1. The topological polar surface area (TPSA) is 138 Å². The number of unbranched alkanes of at least 4 members (excludes halogenated alkanes) is 1. The smallest absolute Gasteiger partial charge is 0.223 e. The lowest BCUT2D eigenvalue weighted by atomic mass is 10.1. The zero-order chi connectivity index (χ0) is 61.4. The van der Waals surface area contributed by atoms with Crippen molar-refractivity contribution >= 4 is 29.9 Å². The van der Waals surface area contributed by atoms with Crippen molar-refractivity contribution in [2.24, 2.45) is 4.99 Å². The molecule has 444 valence electrons. The fourth-order valence-electron chi connectivity index (χ4n) is 5.54. The van der Waals surface area contributed by atoms with Gasteiger partial charge in [-0.1, -0.05) is 135 Å². The number of nitrogens with zero attached hydrogens (tertiary/aromatic N) is 5. The van der Waals surface area contributed by atoms with Crippen molar-refractivity contribution in [1.29, 1.82) is 0 Å². The number of hydrogen-bond acceptors (Lipinski definition) is 9. The van der Waals surface area contributed by atoms with Crippen LogP contribution in [0.4, 0.5) is 4.39 Å². The van der Waals surface area contributed by atoms with E-state index in [1.165, 1.54) is 43.4 Å². The number of aliphatic hydroxyl groups is 1. The number of ether oxygens (including phenoxy) is 1. The fraction of sp³-hybridized carbons (Fsp3) is 0.562. The van der Waals surface area contributed by atoms with Gasteiger partial charge in [0.1, 0.15) is 17.4 Å². The molecule has 0 spiro atoms. The number of nitrogens with one attached hydrogen (secondary N) is 3. The minimum absolute atomic E-state index is 0.0379. The van der Waals surface area contributed by atoms with Gasteiger partial charge in [-0.25, -0.2) is 9.37 Å². The molecule has 4 N–H and O–H groups in total. The van der Waals surface area contributed by atoms with Gasteiger partial charge in [-0.3, -0.25) is 14.6 Å². The molecule has 0 saturated heterocycles. The number of allylic oxidation sites excluding steroid dienone is 12. The summed E-state index contributed by atoms with van der Waals surface area (Å²) in [6.07, 6.45) is 39.4. The van der Waals surface area contributed by atoms with Gasteiger partial charge in [0.25, 0.3) is 0 Å². The third-order valence-electron chi connectivity index (χ3n) is 9.00. The molecule has 0 aliphatic carbocycles. The number of carbonyl (C=O) groups excluding carboxylic acids is 2. The number of amides is 2. The Morgan fingerprint density at radius 1 is 0.870 bits per heavy atom. The number of imidazole rings is 1. The van der Waals surface area contributed by atoms with Crippen LogP contribution in [-0.2, 0) is 20.9 Å². The van der Waals surface area contributed by atoms with Gasteiger partial charge in [0.15, 0.2) is 0 Å². The SMILES string of the molecule is C#C.C=C(C)CCC/C=C\C.C=C(NC)/C(F)=C\C.C=C/C=C\C/C=C(\CC)CCC(=O)N(CCC)Cc1nc(=C/CC(=C)OC(/C=C/C)=NC)/c(=C\CC)[nH]1.CC.CC.CCCN(CCO)C(C)=O.CN(C)C.CNC. The van der Waals surface area contributed by atoms with Gasteiger partial charge in [-0.2, -0.15) is 0 Å². The summed E-state index contributed by atoms with van der Waals surface area (Å²) in [5.41, 5.74) is 2.92. The highest BCUT2D eigenvalue weighted by Crippen LogP contribution is 2.14. The molecule has 2 amide bonds. The molecule has 0 aromatic carbocycles. The second-order valence-corrected chi connectivity index (χ2v) is 16.5. The molecule has 0 aliphatic heterocycles. The fourth-order valence-corrected chi connectivity index (χ4v) is 5.54. The molecule has 1 heterocycles. The number of aliphatic imine (C=N–C) groups is 1. The van der Waals surface area contributed by atoms with Gasteiger partial charge < -0.3 is 40.2 Å². The molecule has 0 unspecified atom stereocenters. The highest BCUT2D eigenvalue weighted by molar-refractivity contribution is 5.88. The number of likely N-dealkylation sites (N-methyl/N-ethyl adjacent to an activating group) is 1.